The summed E-state index contributed by atoms with van der Waals surface area (Å²) in [6, 6.07) is 8.89. The number of sulfonamides is 1. The third kappa shape index (κ3) is 7.99. The van der Waals surface area contributed by atoms with E-state index in [1.165, 1.54) is 24.3 Å². The van der Waals surface area contributed by atoms with Crippen LogP contribution >= 0.6 is 0 Å². The van der Waals surface area contributed by atoms with Gasteiger partial charge in [0.2, 0.25) is 15.9 Å². The van der Waals surface area contributed by atoms with Crippen molar-refractivity contribution in [1.82, 2.24) is 10.0 Å². The van der Waals surface area contributed by atoms with Crippen LogP contribution in [-0.4, -0.2) is 36.8 Å². The first-order chi connectivity index (χ1) is 17.5. The number of halogens is 1. The van der Waals surface area contributed by atoms with E-state index in [9.17, 15) is 33.1 Å². The number of hydrogen-bond donors (Lipinski definition) is 4. The number of nitrogens with one attached hydrogen (secondary N) is 2. The highest BCUT2D eigenvalue weighted by Crippen LogP contribution is 2.28. The third-order valence-electron chi connectivity index (χ3n) is 6.25. The van der Waals surface area contributed by atoms with Gasteiger partial charge in [-0.1, -0.05) is 24.0 Å². The lowest BCUT2D eigenvalue weighted by molar-refractivity contribution is -0.126. The molecule has 0 heterocycles. The fraction of sp³-hybridized carbons (Fsp3) is 0.423. The average molecular weight is 533 g/mol. The van der Waals surface area contributed by atoms with Gasteiger partial charge in [-0.15, -0.1) is 0 Å². The van der Waals surface area contributed by atoms with Gasteiger partial charge in [0.05, 0.1) is 22.7 Å². The molecule has 2 aromatic carbocycles. The van der Waals surface area contributed by atoms with Gasteiger partial charge in [0.15, 0.2) is 0 Å². The second-order valence-corrected chi connectivity index (χ2v) is 11.0. The Hall–Kier alpha value is -3.01. The van der Waals surface area contributed by atoms with Gasteiger partial charge in [-0.3, -0.25) is 10.0 Å². The van der Waals surface area contributed by atoms with E-state index in [1.807, 2.05) is 6.92 Å². The van der Waals surface area contributed by atoms with Crippen LogP contribution < -0.4 is 15.3 Å². The summed E-state index contributed by atoms with van der Waals surface area (Å²) in [6.07, 6.45) is 1.36. The molecule has 200 valence electrons. The molecule has 0 aromatic heterocycles. The van der Waals surface area contributed by atoms with Gasteiger partial charge in [0.1, 0.15) is 5.82 Å². The van der Waals surface area contributed by atoms with E-state index < -0.39 is 27.4 Å². The molecule has 1 unspecified atom stereocenters. The fourth-order valence-corrected chi connectivity index (χ4v) is 5.49. The number of benzene rings is 2. The molecule has 1 aliphatic carbocycles. The highest BCUT2D eigenvalue weighted by molar-refractivity contribution is 7.89. The molecule has 1 saturated carbocycles. The predicted octanol–water partition coefficient (Wildman–Crippen LogP) is 3.36. The van der Waals surface area contributed by atoms with Crippen LogP contribution in [0.15, 0.2) is 47.4 Å². The zero-order valence-electron chi connectivity index (χ0n) is 20.6. The van der Waals surface area contributed by atoms with Gasteiger partial charge in [0, 0.05) is 23.9 Å². The zero-order valence-corrected chi connectivity index (χ0v) is 21.5. The Balaban J connectivity index is 1.59. The Morgan fingerprint density at radius 1 is 1.16 bits per heavy atom. The van der Waals surface area contributed by atoms with E-state index in [-0.39, 0.29) is 46.3 Å². The molecular formula is C26H31FN3O6S-. The van der Waals surface area contributed by atoms with Crippen molar-refractivity contribution in [2.75, 3.05) is 5.23 Å². The van der Waals surface area contributed by atoms with Crippen molar-refractivity contribution in [2.45, 2.75) is 69.0 Å². The van der Waals surface area contributed by atoms with Crippen molar-refractivity contribution in [2.24, 2.45) is 5.92 Å². The van der Waals surface area contributed by atoms with Crippen molar-refractivity contribution < 1.29 is 27.9 Å². The normalized spacial score (nSPS) is 19.3. The number of aliphatic hydroxyl groups excluding tert-OH is 1. The van der Waals surface area contributed by atoms with E-state index >= 15 is 0 Å². The van der Waals surface area contributed by atoms with Crippen LogP contribution in [0.2, 0.25) is 0 Å². The lowest BCUT2D eigenvalue weighted by atomic mass is 9.85. The molecule has 2 aromatic rings. The summed E-state index contributed by atoms with van der Waals surface area (Å²) in [5.41, 5.74) is 0.588. The molecule has 4 N–H and O–H groups in total. The largest absolute Gasteiger partial charge is 0.733 e. The number of carbonyl (C=O) groups is 1. The van der Waals surface area contributed by atoms with Crippen LogP contribution in [0.3, 0.4) is 0 Å². The van der Waals surface area contributed by atoms with Crippen molar-refractivity contribution >= 4 is 21.6 Å². The lowest BCUT2D eigenvalue weighted by Crippen LogP contribution is -2.41. The first-order valence-electron chi connectivity index (χ1n) is 12.0. The highest BCUT2D eigenvalue weighted by atomic mass is 32.2. The number of hydrogen-bond acceptors (Lipinski definition) is 7. The number of nitrogens with zero attached hydrogens (tertiary/aromatic N) is 1. The summed E-state index contributed by atoms with van der Waals surface area (Å²) < 4.78 is 41.6. The first-order valence-corrected chi connectivity index (χ1v) is 13.5. The number of aliphatic hydroxyl groups is 1. The molecule has 9 nitrogen and oxygen atoms in total. The second kappa shape index (κ2) is 12.5. The molecule has 0 radical (unpaired) electrons. The SMILES string of the molecule is CC(O)CC#Cc1ccc(S(=O)(=O)NC2CCC(C(=O)N[C@H](C)c3ccc(F)cc3)CC2)cc1N([O-])O. The molecule has 1 fully saturated rings. The number of anilines is 1. The Morgan fingerprint density at radius 2 is 1.81 bits per heavy atom. The summed E-state index contributed by atoms with van der Waals surface area (Å²) in [6.45, 7) is 3.37. The van der Waals surface area contributed by atoms with Gasteiger partial charge in [-0.25, -0.2) is 17.5 Å². The van der Waals surface area contributed by atoms with Crippen molar-refractivity contribution in [3.8, 4) is 11.8 Å². The number of carbonyl (C=O) groups excluding carboxylic acids is 1. The molecule has 0 bridgehead atoms. The monoisotopic (exact) mass is 532 g/mol. The second-order valence-electron chi connectivity index (χ2n) is 9.26. The van der Waals surface area contributed by atoms with Gasteiger partial charge in [0.25, 0.3) is 0 Å². The van der Waals surface area contributed by atoms with Gasteiger partial charge in [-0.05, 0) is 75.4 Å². The molecule has 3 rings (SSSR count). The summed E-state index contributed by atoms with van der Waals surface area (Å²) in [5.74, 6) is 4.57. The van der Waals surface area contributed by atoms with Crippen LogP contribution in [0.25, 0.3) is 0 Å². The van der Waals surface area contributed by atoms with E-state index in [0.29, 0.717) is 25.7 Å². The third-order valence-corrected chi connectivity index (χ3v) is 7.77. The minimum Gasteiger partial charge on any atom is -0.733 e. The Morgan fingerprint density at radius 3 is 2.41 bits per heavy atom. The standard InChI is InChI=1S/C26H31FN3O6S/c1-17(31)4-3-5-20-10-15-24(16-25(20)30(33)34)37(35,36)29-23-13-8-21(9-14-23)26(32)28-18(2)19-6-11-22(27)12-7-19/h6-7,10-12,15-18,21,23,29,31,33H,4,8-9,13-14H2,1-2H3,(H,28,32)/q-1/t17?,18-,21?,23?/m1/s1. The summed E-state index contributed by atoms with van der Waals surface area (Å²) in [4.78, 5) is 12.5. The molecular weight excluding hydrogens is 501 g/mol. The van der Waals surface area contributed by atoms with Crippen LogP contribution in [0, 0.1) is 28.8 Å². The molecule has 11 heteroatoms. The minimum absolute atomic E-state index is 0.124. The van der Waals surface area contributed by atoms with Crippen LogP contribution in [0.1, 0.15) is 63.1 Å². The molecule has 0 spiro atoms. The number of amides is 1. The topological polar surface area (TPSA) is 142 Å². The minimum atomic E-state index is -4.01. The van der Waals surface area contributed by atoms with E-state index in [0.717, 1.165) is 11.6 Å². The Bertz CT molecular complexity index is 1250. The number of rotatable bonds is 8. The van der Waals surface area contributed by atoms with Crippen LogP contribution in [-0.2, 0) is 14.8 Å². The molecule has 1 amide bonds. The van der Waals surface area contributed by atoms with E-state index in [4.69, 9.17) is 0 Å². The average Bonchev–Trinajstić information content (AvgIpc) is 2.84. The van der Waals surface area contributed by atoms with Crippen LogP contribution in [0.4, 0.5) is 10.1 Å². The van der Waals surface area contributed by atoms with Gasteiger partial charge in [-0.2, -0.15) is 0 Å². The molecule has 1 aliphatic rings. The molecule has 0 saturated heterocycles. The predicted molar refractivity (Wildman–Crippen MR) is 136 cm³/mol. The summed E-state index contributed by atoms with van der Waals surface area (Å²) in [5, 5.41) is 32.8. The maximum atomic E-state index is 13.1. The van der Waals surface area contributed by atoms with Crippen molar-refractivity contribution in [3.63, 3.8) is 0 Å². The molecule has 37 heavy (non-hydrogen) atoms. The van der Waals surface area contributed by atoms with Crippen LogP contribution in [0.5, 0.6) is 0 Å². The van der Waals surface area contributed by atoms with Crippen molar-refractivity contribution in [3.05, 3.63) is 64.6 Å². The molecule has 2 atom stereocenters. The quantitative estimate of drug-likeness (QED) is 0.302. The zero-order chi connectivity index (χ0) is 27.2. The lowest BCUT2D eigenvalue weighted by Gasteiger charge is -2.29. The van der Waals surface area contributed by atoms with Crippen molar-refractivity contribution in [1.29, 1.82) is 0 Å². The van der Waals surface area contributed by atoms with Gasteiger partial charge >= 0.3 is 0 Å². The fourth-order valence-electron chi connectivity index (χ4n) is 4.16. The Labute approximate surface area is 216 Å². The molecule has 0 aliphatic heterocycles. The smallest absolute Gasteiger partial charge is 0.240 e. The Kier molecular flexibility index (Phi) is 9.64. The van der Waals surface area contributed by atoms with E-state index in [2.05, 4.69) is 21.9 Å². The van der Waals surface area contributed by atoms with Gasteiger partial charge < -0.3 is 20.9 Å². The van der Waals surface area contributed by atoms with E-state index in [1.54, 1.807) is 19.1 Å². The summed E-state index contributed by atoms with van der Waals surface area (Å²) in [7, 11) is -4.01. The first kappa shape index (κ1) is 28.6. The maximum absolute atomic E-state index is 13.1. The maximum Gasteiger partial charge on any atom is 0.240 e. The highest BCUT2D eigenvalue weighted by Gasteiger charge is 2.30. The summed E-state index contributed by atoms with van der Waals surface area (Å²) >= 11 is 0.